The number of benzene rings is 1. The van der Waals surface area contributed by atoms with Crippen molar-refractivity contribution in [2.24, 2.45) is 0 Å². The number of nitrogens with one attached hydrogen (secondary N) is 1. The summed E-state index contributed by atoms with van der Waals surface area (Å²) in [7, 11) is 1.56. The molecule has 0 aliphatic carbocycles. The van der Waals surface area contributed by atoms with Gasteiger partial charge in [0, 0.05) is 31.7 Å². The molecule has 1 N–H and O–H groups in total. The number of ether oxygens (including phenoxy) is 2. The molecule has 1 radical (unpaired) electrons. The van der Waals surface area contributed by atoms with Gasteiger partial charge in [-0.1, -0.05) is 17.7 Å². The van der Waals surface area contributed by atoms with Crippen LogP contribution in [0.2, 0.25) is 5.02 Å². The van der Waals surface area contributed by atoms with Gasteiger partial charge in [-0.15, -0.1) is 0 Å². The molecule has 3 heterocycles. The average Bonchev–Trinajstić information content (AvgIpc) is 2.87. The Morgan fingerprint density at radius 1 is 1.24 bits per heavy atom. The summed E-state index contributed by atoms with van der Waals surface area (Å²) in [5.74, 6) is 1.43. The van der Waals surface area contributed by atoms with Gasteiger partial charge in [-0.05, 0) is 43.0 Å². The lowest BCUT2D eigenvalue weighted by Gasteiger charge is -2.26. The van der Waals surface area contributed by atoms with E-state index in [-0.39, 0.29) is 30.5 Å². The van der Waals surface area contributed by atoms with Gasteiger partial charge in [0.2, 0.25) is 11.8 Å². The normalized spacial score (nSPS) is 13.5. The molecule has 171 valence electrons. The number of carbonyl (C=O) groups excluding carboxylic acids is 1. The molecule has 33 heavy (non-hydrogen) atoms. The standard InChI is InChI=1S/C23H24ClN6O3/c1-32-19-7-6-16(12-18(19)24)15-33-22-17(21(31)27-14-20-25-8-5-9-26-20)13-28-23(29-22)30-10-3-2-4-11-30/h3,5-9,12-13H,2,4,10-11,14-15H2,1H3,(H,27,31). The zero-order valence-electron chi connectivity index (χ0n) is 18.2. The van der Waals surface area contributed by atoms with Gasteiger partial charge in [0.25, 0.3) is 5.91 Å². The van der Waals surface area contributed by atoms with Gasteiger partial charge in [0.05, 0.1) is 18.7 Å². The van der Waals surface area contributed by atoms with Crippen LogP contribution >= 0.6 is 11.6 Å². The minimum absolute atomic E-state index is 0.175. The van der Waals surface area contributed by atoms with Crippen molar-refractivity contribution in [1.82, 2.24) is 25.3 Å². The number of nitrogens with zero attached hydrogens (tertiary/aromatic N) is 5. The maximum atomic E-state index is 12.9. The second-order valence-corrected chi connectivity index (χ2v) is 7.78. The number of piperidine rings is 1. The maximum absolute atomic E-state index is 12.9. The van der Waals surface area contributed by atoms with Gasteiger partial charge < -0.3 is 19.7 Å². The number of methoxy groups -OCH3 is 1. The number of halogens is 1. The first kappa shape index (κ1) is 22.7. The van der Waals surface area contributed by atoms with E-state index in [0.717, 1.165) is 31.5 Å². The van der Waals surface area contributed by atoms with Crippen LogP contribution in [-0.2, 0) is 13.2 Å². The van der Waals surface area contributed by atoms with Crippen LogP contribution in [0.4, 0.5) is 5.95 Å². The lowest BCUT2D eigenvalue weighted by atomic mass is 10.1. The van der Waals surface area contributed by atoms with E-state index in [1.165, 1.54) is 6.20 Å². The molecule has 1 fully saturated rings. The van der Waals surface area contributed by atoms with Gasteiger partial charge in [0.15, 0.2) is 0 Å². The molecular weight excluding hydrogens is 444 g/mol. The fraction of sp³-hybridized carbons (Fsp3) is 0.304. The molecule has 2 aromatic heterocycles. The van der Waals surface area contributed by atoms with Crippen LogP contribution in [0.3, 0.4) is 0 Å². The largest absolute Gasteiger partial charge is 0.495 e. The Bertz CT molecular complexity index is 1090. The Labute approximate surface area is 197 Å². The second-order valence-electron chi connectivity index (χ2n) is 7.37. The summed E-state index contributed by atoms with van der Waals surface area (Å²) in [5, 5.41) is 3.27. The summed E-state index contributed by atoms with van der Waals surface area (Å²) in [6.07, 6.45) is 9.03. The molecule has 1 aliphatic rings. The monoisotopic (exact) mass is 467 g/mol. The van der Waals surface area contributed by atoms with E-state index in [0.29, 0.717) is 22.5 Å². The number of hydrogen-bond donors (Lipinski definition) is 1. The van der Waals surface area contributed by atoms with Crippen LogP contribution < -0.4 is 19.7 Å². The molecule has 1 aliphatic heterocycles. The minimum Gasteiger partial charge on any atom is -0.495 e. The van der Waals surface area contributed by atoms with Crippen molar-refractivity contribution in [2.75, 3.05) is 25.1 Å². The highest BCUT2D eigenvalue weighted by Gasteiger charge is 2.20. The molecule has 10 heteroatoms. The van der Waals surface area contributed by atoms with Crippen molar-refractivity contribution in [2.45, 2.75) is 26.0 Å². The molecule has 9 nitrogen and oxygen atoms in total. The predicted molar refractivity (Wildman–Crippen MR) is 123 cm³/mol. The Morgan fingerprint density at radius 3 is 2.82 bits per heavy atom. The zero-order chi connectivity index (χ0) is 23.0. The number of rotatable bonds is 8. The van der Waals surface area contributed by atoms with Crippen molar-refractivity contribution < 1.29 is 14.3 Å². The number of anilines is 1. The van der Waals surface area contributed by atoms with E-state index < -0.39 is 0 Å². The van der Waals surface area contributed by atoms with Crippen LogP contribution in [0.15, 0.2) is 42.9 Å². The van der Waals surface area contributed by atoms with E-state index in [2.05, 4.69) is 36.6 Å². The van der Waals surface area contributed by atoms with Gasteiger partial charge in [0.1, 0.15) is 23.7 Å². The zero-order valence-corrected chi connectivity index (χ0v) is 19.0. The highest BCUT2D eigenvalue weighted by atomic mass is 35.5. The first-order valence-corrected chi connectivity index (χ1v) is 10.9. The van der Waals surface area contributed by atoms with Gasteiger partial charge in [-0.2, -0.15) is 4.98 Å². The van der Waals surface area contributed by atoms with Crippen LogP contribution in [0.1, 0.15) is 34.6 Å². The number of carbonyl (C=O) groups is 1. The summed E-state index contributed by atoms with van der Waals surface area (Å²) in [5.41, 5.74) is 1.05. The fourth-order valence-corrected chi connectivity index (χ4v) is 3.63. The van der Waals surface area contributed by atoms with E-state index in [1.54, 1.807) is 37.7 Å². The quantitative estimate of drug-likeness (QED) is 0.538. The molecule has 0 unspecified atom stereocenters. The minimum atomic E-state index is -0.373. The summed E-state index contributed by atoms with van der Waals surface area (Å²) in [6.45, 7) is 1.95. The SMILES string of the molecule is COc1ccc(COc2nc(N3C[CH]CCC3)ncc2C(=O)NCc2ncccn2)cc1Cl. The Morgan fingerprint density at radius 2 is 2.09 bits per heavy atom. The molecule has 0 spiro atoms. The lowest BCUT2D eigenvalue weighted by molar-refractivity contribution is 0.0944. The molecule has 1 aromatic carbocycles. The predicted octanol–water partition coefficient (Wildman–Crippen LogP) is 3.24. The summed E-state index contributed by atoms with van der Waals surface area (Å²) < 4.78 is 11.2. The van der Waals surface area contributed by atoms with Gasteiger partial charge >= 0.3 is 0 Å². The molecule has 1 amide bonds. The highest BCUT2D eigenvalue weighted by Crippen LogP contribution is 2.26. The third-order valence-corrected chi connectivity index (χ3v) is 5.37. The van der Waals surface area contributed by atoms with Crippen LogP contribution in [-0.4, -0.2) is 46.0 Å². The lowest BCUT2D eigenvalue weighted by Crippen LogP contribution is -2.32. The van der Waals surface area contributed by atoms with Crippen LogP contribution in [0, 0.1) is 6.42 Å². The van der Waals surface area contributed by atoms with E-state index in [9.17, 15) is 4.79 Å². The molecular formula is C23H24ClN6O3. The van der Waals surface area contributed by atoms with Gasteiger partial charge in [-0.25, -0.2) is 15.0 Å². The van der Waals surface area contributed by atoms with Crippen LogP contribution in [0.25, 0.3) is 0 Å². The first-order chi connectivity index (χ1) is 16.1. The Kier molecular flexibility index (Phi) is 7.51. The number of amides is 1. The van der Waals surface area contributed by atoms with Crippen molar-refractivity contribution in [3.8, 4) is 11.6 Å². The third-order valence-electron chi connectivity index (χ3n) is 5.07. The summed E-state index contributed by atoms with van der Waals surface area (Å²) in [6, 6.07) is 7.09. The average molecular weight is 468 g/mol. The second kappa shape index (κ2) is 10.9. The first-order valence-electron chi connectivity index (χ1n) is 10.6. The van der Waals surface area contributed by atoms with Gasteiger partial charge in [-0.3, -0.25) is 4.79 Å². The molecule has 0 bridgehead atoms. The molecule has 0 saturated carbocycles. The summed E-state index contributed by atoms with van der Waals surface area (Å²) in [4.78, 5) is 32.2. The van der Waals surface area contributed by atoms with E-state index in [4.69, 9.17) is 21.1 Å². The third kappa shape index (κ3) is 5.87. The molecule has 3 aromatic rings. The fourth-order valence-electron chi connectivity index (χ4n) is 3.35. The van der Waals surface area contributed by atoms with Crippen molar-refractivity contribution >= 4 is 23.5 Å². The Balaban J connectivity index is 1.54. The summed E-state index contributed by atoms with van der Waals surface area (Å²) >= 11 is 6.23. The van der Waals surface area contributed by atoms with Crippen molar-refractivity contribution in [1.29, 1.82) is 0 Å². The molecule has 0 atom stereocenters. The van der Waals surface area contributed by atoms with Crippen molar-refractivity contribution in [3.05, 3.63) is 71.3 Å². The van der Waals surface area contributed by atoms with Crippen molar-refractivity contribution in [3.63, 3.8) is 0 Å². The maximum Gasteiger partial charge on any atom is 0.258 e. The van der Waals surface area contributed by atoms with E-state index >= 15 is 0 Å². The smallest absolute Gasteiger partial charge is 0.258 e. The van der Waals surface area contributed by atoms with E-state index in [1.807, 2.05) is 6.07 Å². The highest BCUT2D eigenvalue weighted by molar-refractivity contribution is 6.32. The number of hydrogen-bond acceptors (Lipinski definition) is 8. The number of aromatic nitrogens is 4. The van der Waals surface area contributed by atoms with Crippen LogP contribution in [0.5, 0.6) is 11.6 Å². The molecule has 4 rings (SSSR count). The molecule has 1 saturated heterocycles. The topological polar surface area (TPSA) is 102 Å². The Hall–Kier alpha value is -3.46.